The summed E-state index contributed by atoms with van der Waals surface area (Å²) in [5, 5.41) is 4.73. The van der Waals surface area contributed by atoms with Crippen LogP contribution in [0.15, 0.2) is 42.5 Å². The highest BCUT2D eigenvalue weighted by molar-refractivity contribution is 6.35. The second-order valence-electron chi connectivity index (χ2n) is 5.03. The zero-order valence-electron chi connectivity index (χ0n) is 11.9. The van der Waals surface area contributed by atoms with E-state index < -0.39 is 0 Å². The van der Waals surface area contributed by atoms with Crippen molar-refractivity contribution in [2.24, 2.45) is 0 Å². The summed E-state index contributed by atoms with van der Waals surface area (Å²) in [5.74, 6) is -0.202. The van der Waals surface area contributed by atoms with Crippen LogP contribution >= 0.6 is 23.2 Å². The van der Waals surface area contributed by atoms with E-state index in [2.05, 4.69) is 12.2 Å². The van der Waals surface area contributed by atoms with Gasteiger partial charge in [0.05, 0.1) is 0 Å². The Kier molecular flexibility index (Phi) is 6.04. The van der Waals surface area contributed by atoms with Crippen molar-refractivity contribution in [3.63, 3.8) is 0 Å². The van der Waals surface area contributed by atoms with Gasteiger partial charge in [0.15, 0.2) is 0 Å². The minimum Gasteiger partial charge on any atom is -0.314 e. The summed E-state index contributed by atoms with van der Waals surface area (Å²) in [6.45, 7) is 2.91. The van der Waals surface area contributed by atoms with Crippen molar-refractivity contribution >= 4 is 23.2 Å². The first-order valence-corrected chi connectivity index (χ1v) is 7.76. The van der Waals surface area contributed by atoms with Gasteiger partial charge >= 0.3 is 0 Å². The normalized spacial score (nSPS) is 12.4. The van der Waals surface area contributed by atoms with Gasteiger partial charge in [-0.1, -0.05) is 48.3 Å². The van der Waals surface area contributed by atoms with Crippen LogP contribution in [0, 0.1) is 5.82 Å². The number of rotatable bonds is 6. The molecule has 0 amide bonds. The van der Waals surface area contributed by atoms with Gasteiger partial charge in [0.25, 0.3) is 0 Å². The van der Waals surface area contributed by atoms with E-state index in [1.807, 2.05) is 18.2 Å². The molecule has 0 spiro atoms. The summed E-state index contributed by atoms with van der Waals surface area (Å²) in [6, 6.07) is 12.5. The van der Waals surface area contributed by atoms with Crippen LogP contribution in [0.5, 0.6) is 0 Å². The maximum atomic E-state index is 13.3. The van der Waals surface area contributed by atoms with Gasteiger partial charge in [0.2, 0.25) is 0 Å². The van der Waals surface area contributed by atoms with Crippen LogP contribution in [0.4, 0.5) is 4.39 Å². The van der Waals surface area contributed by atoms with E-state index in [4.69, 9.17) is 23.2 Å². The summed E-state index contributed by atoms with van der Waals surface area (Å²) in [6.07, 6.45) is 1.53. The first-order valence-electron chi connectivity index (χ1n) is 7.00. The van der Waals surface area contributed by atoms with E-state index in [9.17, 15) is 4.39 Å². The molecule has 2 aromatic rings. The minimum atomic E-state index is -0.202. The molecular formula is C17H18Cl2FN. The first-order chi connectivity index (χ1) is 10.1. The van der Waals surface area contributed by atoms with Crippen LogP contribution in [0.1, 0.15) is 18.1 Å². The summed E-state index contributed by atoms with van der Waals surface area (Å²) in [5.41, 5.74) is 2.02. The fourth-order valence-electron chi connectivity index (χ4n) is 2.41. The number of likely N-dealkylation sites (N-methyl/N-ethyl adjacent to an activating group) is 1. The molecule has 112 valence electrons. The highest BCUT2D eigenvalue weighted by atomic mass is 35.5. The van der Waals surface area contributed by atoms with Gasteiger partial charge < -0.3 is 5.32 Å². The molecule has 0 heterocycles. The molecular weight excluding hydrogens is 308 g/mol. The molecule has 1 unspecified atom stereocenters. The standard InChI is InChI=1S/C17H18Cl2FN/c1-2-21-16(9-12-4-3-5-15(20)8-12)10-13-6-7-14(18)11-17(13)19/h3-8,11,16,21H,2,9-10H2,1H3. The number of benzene rings is 2. The molecule has 1 nitrogen and oxygen atoms in total. The highest BCUT2D eigenvalue weighted by Gasteiger charge is 2.12. The predicted molar refractivity (Wildman–Crippen MR) is 87.7 cm³/mol. The Morgan fingerprint density at radius 2 is 1.90 bits per heavy atom. The maximum absolute atomic E-state index is 13.3. The molecule has 0 radical (unpaired) electrons. The summed E-state index contributed by atoms with van der Waals surface area (Å²) in [7, 11) is 0. The van der Waals surface area contributed by atoms with Crippen molar-refractivity contribution in [2.45, 2.75) is 25.8 Å². The maximum Gasteiger partial charge on any atom is 0.123 e. The number of hydrogen-bond donors (Lipinski definition) is 1. The lowest BCUT2D eigenvalue weighted by molar-refractivity contribution is 0.519. The smallest absolute Gasteiger partial charge is 0.123 e. The molecule has 0 saturated carbocycles. The lowest BCUT2D eigenvalue weighted by Crippen LogP contribution is -2.33. The van der Waals surface area contributed by atoms with Gasteiger partial charge in [-0.25, -0.2) is 4.39 Å². The Balaban J connectivity index is 2.11. The third-order valence-corrected chi connectivity index (χ3v) is 3.93. The summed E-state index contributed by atoms with van der Waals surface area (Å²) < 4.78 is 13.3. The highest BCUT2D eigenvalue weighted by Crippen LogP contribution is 2.23. The number of hydrogen-bond acceptors (Lipinski definition) is 1. The molecule has 0 aromatic heterocycles. The lowest BCUT2D eigenvalue weighted by Gasteiger charge is -2.19. The van der Waals surface area contributed by atoms with E-state index in [1.54, 1.807) is 18.2 Å². The first kappa shape index (κ1) is 16.3. The molecule has 0 aliphatic heterocycles. The Morgan fingerprint density at radius 3 is 2.57 bits per heavy atom. The van der Waals surface area contributed by atoms with E-state index in [0.29, 0.717) is 10.0 Å². The van der Waals surface area contributed by atoms with Crippen molar-refractivity contribution in [2.75, 3.05) is 6.54 Å². The van der Waals surface area contributed by atoms with Crippen LogP contribution < -0.4 is 5.32 Å². The van der Waals surface area contributed by atoms with Gasteiger partial charge in [-0.3, -0.25) is 0 Å². The van der Waals surface area contributed by atoms with Gasteiger partial charge in [-0.05, 0) is 54.8 Å². The largest absolute Gasteiger partial charge is 0.314 e. The fraction of sp³-hybridized carbons (Fsp3) is 0.294. The predicted octanol–water partition coefficient (Wildman–Crippen LogP) is 4.90. The quantitative estimate of drug-likeness (QED) is 0.796. The average Bonchev–Trinajstić information content (AvgIpc) is 2.42. The average molecular weight is 326 g/mol. The van der Waals surface area contributed by atoms with Crippen molar-refractivity contribution in [1.29, 1.82) is 0 Å². The van der Waals surface area contributed by atoms with Crippen LogP contribution in [0.2, 0.25) is 10.0 Å². The van der Waals surface area contributed by atoms with Gasteiger partial charge in [0.1, 0.15) is 5.82 Å². The second kappa shape index (κ2) is 7.79. The Bertz CT molecular complexity index is 601. The van der Waals surface area contributed by atoms with Crippen molar-refractivity contribution in [1.82, 2.24) is 5.32 Å². The zero-order valence-corrected chi connectivity index (χ0v) is 13.4. The SMILES string of the molecule is CCNC(Cc1cccc(F)c1)Cc1ccc(Cl)cc1Cl. The summed E-state index contributed by atoms with van der Waals surface area (Å²) in [4.78, 5) is 0. The van der Waals surface area contributed by atoms with Crippen LogP contribution in [0.25, 0.3) is 0 Å². The molecule has 0 fully saturated rings. The van der Waals surface area contributed by atoms with Crippen molar-refractivity contribution < 1.29 is 4.39 Å². The molecule has 1 N–H and O–H groups in total. The van der Waals surface area contributed by atoms with Crippen molar-refractivity contribution in [3.8, 4) is 0 Å². The van der Waals surface area contributed by atoms with Gasteiger partial charge in [-0.2, -0.15) is 0 Å². The molecule has 0 bridgehead atoms. The molecule has 1 atom stereocenters. The monoisotopic (exact) mass is 325 g/mol. The van der Waals surface area contributed by atoms with Crippen molar-refractivity contribution in [3.05, 3.63) is 69.5 Å². The molecule has 21 heavy (non-hydrogen) atoms. The number of halogens is 3. The van der Waals surface area contributed by atoms with Crippen LogP contribution in [0.3, 0.4) is 0 Å². The Labute approximate surface area is 135 Å². The fourth-order valence-corrected chi connectivity index (χ4v) is 2.89. The Hall–Kier alpha value is -1.09. The van der Waals surface area contributed by atoms with E-state index in [-0.39, 0.29) is 11.9 Å². The molecule has 0 aliphatic rings. The lowest BCUT2D eigenvalue weighted by atomic mass is 9.99. The topological polar surface area (TPSA) is 12.0 Å². The van der Waals surface area contributed by atoms with Crippen LogP contribution in [-0.4, -0.2) is 12.6 Å². The van der Waals surface area contributed by atoms with Gasteiger partial charge in [-0.15, -0.1) is 0 Å². The second-order valence-corrected chi connectivity index (χ2v) is 5.87. The van der Waals surface area contributed by atoms with E-state index >= 15 is 0 Å². The van der Waals surface area contributed by atoms with Crippen LogP contribution in [-0.2, 0) is 12.8 Å². The molecule has 0 saturated heterocycles. The Morgan fingerprint density at radius 1 is 1.10 bits per heavy atom. The summed E-state index contributed by atoms with van der Waals surface area (Å²) >= 11 is 12.1. The molecule has 0 aliphatic carbocycles. The molecule has 2 aromatic carbocycles. The van der Waals surface area contributed by atoms with E-state index in [0.717, 1.165) is 30.5 Å². The third kappa shape index (κ3) is 4.99. The molecule has 2 rings (SSSR count). The third-order valence-electron chi connectivity index (χ3n) is 3.35. The van der Waals surface area contributed by atoms with E-state index in [1.165, 1.54) is 6.07 Å². The zero-order chi connectivity index (χ0) is 15.2. The van der Waals surface area contributed by atoms with Gasteiger partial charge in [0, 0.05) is 16.1 Å². The molecule has 4 heteroatoms. The number of nitrogens with one attached hydrogen (secondary N) is 1. The minimum absolute atomic E-state index is 0.202.